The number of fused-ring (bicyclic) bond motifs is 1. The van der Waals surface area contributed by atoms with Crippen molar-refractivity contribution in [3.8, 4) is 5.75 Å². The molecular weight excluding hydrogens is 366 g/mol. The lowest BCUT2D eigenvalue weighted by Crippen LogP contribution is -2.29. The number of pyridine rings is 1. The summed E-state index contributed by atoms with van der Waals surface area (Å²) in [5.74, 6) is 0.984. The fraction of sp³-hybridized carbons (Fsp3) is 0.174. The van der Waals surface area contributed by atoms with E-state index in [1.54, 1.807) is 24.2 Å². The zero-order valence-electron chi connectivity index (χ0n) is 16.3. The molecule has 0 N–H and O–H groups in total. The lowest BCUT2D eigenvalue weighted by molar-refractivity contribution is 0.0732. The third-order valence-electron chi connectivity index (χ3n) is 4.92. The van der Waals surface area contributed by atoms with Gasteiger partial charge in [0, 0.05) is 24.7 Å². The highest BCUT2D eigenvalue weighted by atomic mass is 16.5. The maximum absolute atomic E-state index is 12.7. The number of rotatable bonds is 6. The van der Waals surface area contributed by atoms with Crippen LogP contribution < -0.4 is 4.74 Å². The van der Waals surface area contributed by atoms with E-state index < -0.39 is 0 Å². The SMILES string of the molecule is C[C@@H](c1ccccc1)N(C)C(=O)c1cc(COc2ccc3ncccc3c2)on1. The lowest BCUT2D eigenvalue weighted by atomic mass is 10.1. The van der Waals surface area contributed by atoms with Gasteiger partial charge in [0.1, 0.15) is 12.4 Å². The van der Waals surface area contributed by atoms with Gasteiger partial charge in [-0.05, 0) is 36.8 Å². The maximum atomic E-state index is 12.7. The second kappa shape index (κ2) is 8.14. The van der Waals surface area contributed by atoms with Crippen LogP contribution in [-0.4, -0.2) is 28.0 Å². The van der Waals surface area contributed by atoms with E-state index in [-0.39, 0.29) is 24.2 Å². The van der Waals surface area contributed by atoms with Crippen molar-refractivity contribution in [2.45, 2.75) is 19.6 Å². The van der Waals surface area contributed by atoms with Gasteiger partial charge in [0.05, 0.1) is 11.6 Å². The van der Waals surface area contributed by atoms with Gasteiger partial charge in [0.15, 0.2) is 11.5 Å². The van der Waals surface area contributed by atoms with E-state index >= 15 is 0 Å². The molecule has 0 radical (unpaired) electrons. The van der Waals surface area contributed by atoms with E-state index in [1.165, 1.54) is 0 Å². The van der Waals surface area contributed by atoms with E-state index in [1.807, 2.05) is 67.6 Å². The highest BCUT2D eigenvalue weighted by Crippen LogP contribution is 2.22. The molecule has 0 unspecified atom stereocenters. The van der Waals surface area contributed by atoms with E-state index in [9.17, 15) is 4.79 Å². The summed E-state index contributed by atoms with van der Waals surface area (Å²) in [6.07, 6.45) is 1.76. The third kappa shape index (κ3) is 4.11. The van der Waals surface area contributed by atoms with Crippen LogP contribution >= 0.6 is 0 Å². The Morgan fingerprint density at radius 3 is 2.76 bits per heavy atom. The van der Waals surface area contributed by atoms with Crippen molar-refractivity contribution in [2.24, 2.45) is 0 Å². The molecule has 4 rings (SSSR count). The Kier molecular flexibility index (Phi) is 5.24. The van der Waals surface area contributed by atoms with Gasteiger partial charge in [0.25, 0.3) is 5.91 Å². The van der Waals surface area contributed by atoms with Gasteiger partial charge >= 0.3 is 0 Å². The van der Waals surface area contributed by atoms with Crippen LogP contribution in [0.15, 0.2) is 77.4 Å². The second-order valence-corrected chi connectivity index (χ2v) is 6.83. The first kappa shape index (κ1) is 18.7. The first-order chi connectivity index (χ1) is 14.1. The normalized spacial score (nSPS) is 11.9. The Morgan fingerprint density at radius 2 is 1.93 bits per heavy atom. The number of benzene rings is 2. The van der Waals surface area contributed by atoms with E-state index in [4.69, 9.17) is 9.26 Å². The van der Waals surface area contributed by atoms with E-state index in [2.05, 4.69) is 10.1 Å². The van der Waals surface area contributed by atoms with Crippen molar-refractivity contribution in [1.82, 2.24) is 15.0 Å². The summed E-state index contributed by atoms with van der Waals surface area (Å²) in [6.45, 7) is 2.16. The van der Waals surface area contributed by atoms with Gasteiger partial charge < -0.3 is 14.2 Å². The van der Waals surface area contributed by atoms with Crippen LogP contribution in [0.3, 0.4) is 0 Å². The molecule has 2 aromatic heterocycles. The number of carbonyl (C=O) groups is 1. The van der Waals surface area contributed by atoms with Crippen molar-refractivity contribution >= 4 is 16.8 Å². The minimum atomic E-state index is -0.201. The van der Waals surface area contributed by atoms with Gasteiger partial charge in [-0.3, -0.25) is 9.78 Å². The van der Waals surface area contributed by atoms with E-state index in [0.717, 1.165) is 16.5 Å². The zero-order valence-corrected chi connectivity index (χ0v) is 16.3. The molecule has 1 atom stereocenters. The summed E-state index contributed by atoms with van der Waals surface area (Å²) in [7, 11) is 1.76. The molecule has 6 nitrogen and oxygen atoms in total. The predicted molar refractivity (Wildman–Crippen MR) is 110 cm³/mol. The average molecular weight is 387 g/mol. The number of ether oxygens (including phenoxy) is 1. The van der Waals surface area contributed by atoms with E-state index in [0.29, 0.717) is 11.5 Å². The molecule has 0 fully saturated rings. The molecule has 0 bridgehead atoms. The summed E-state index contributed by atoms with van der Waals surface area (Å²) < 4.78 is 11.1. The summed E-state index contributed by atoms with van der Waals surface area (Å²) in [5.41, 5.74) is 2.22. The number of hydrogen-bond donors (Lipinski definition) is 0. The summed E-state index contributed by atoms with van der Waals surface area (Å²) in [5, 5.41) is 4.91. The second-order valence-electron chi connectivity index (χ2n) is 6.83. The maximum Gasteiger partial charge on any atom is 0.276 e. The Hall–Kier alpha value is -3.67. The summed E-state index contributed by atoms with van der Waals surface area (Å²) >= 11 is 0. The Labute approximate surface area is 168 Å². The minimum Gasteiger partial charge on any atom is -0.486 e. The first-order valence-electron chi connectivity index (χ1n) is 9.37. The van der Waals surface area contributed by atoms with Crippen LogP contribution in [0.25, 0.3) is 10.9 Å². The third-order valence-corrected chi connectivity index (χ3v) is 4.92. The topological polar surface area (TPSA) is 68.5 Å². The Bertz CT molecular complexity index is 1120. The van der Waals surface area contributed by atoms with Crippen LogP contribution in [0, 0.1) is 0 Å². The number of amides is 1. The average Bonchev–Trinajstić information content (AvgIpc) is 3.25. The molecule has 29 heavy (non-hydrogen) atoms. The summed E-state index contributed by atoms with van der Waals surface area (Å²) in [6, 6.07) is 20.9. The number of aromatic nitrogens is 2. The molecule has 0 aliphatic carbocycles. The molecule has 1 amide bonds. The molecule has 2 aromatic carbocycles. The highest BCUT2D eigenvalue weighted by Gasteiger charge is 2.22. The first-order valence-corrected chi connectivity index (χ1v) is 9.37. The van der Waals surface area contributed by atoms with Gasteiger partial charge in [-0.15, -0.1) is 0 Å². The monoisotopic (exact) mass is 387 g/mol. The van der Waals surface area contributed by atoms with Crippen LogP contribution in [0.4, 0.5) is 0 Å². The van der Waals surface area contributed by atoms with Crippen LogP contribution in [0.1, 0.15) is 34.8 Å². The molecule has 0 aliphatic rings. The lowest BCUT2D eigenvalue weighted by Gasteiger charge is -2.24. The van der Waals surface area contributed by atoms with Crippen molar-refractivity contribution in [3.63, 3.8) is 0 Å². The largest absolute Gasteiger partial charge is 0.486 e. The fourth-order valence-electron chi connectivity index (χ4n) is 3.09. The Morgan fingerprint density at radius 1 is 1.10 bits per heavy atom. The van der Waals surface area contributed by atoms with Crippen molar-refractivity contribution in [3.05, 3.63) is 89.9 Å². The van der Waals surface area contributed by atoms with Crippen LogP contribution in [-0.2, 0) is 6.61 Å². The molecule has 0 spiro atoms. The van der Waals surface area contributed by atoms with Crippen LogP contribution in [0.5, 0.6) is 5.75 Å². The molecule has 2 heterocycles. The molecular formula is C23H21N3O3. The van der Waals surface area contributed by atoms with Gasteiger partial charge in [-0.1, -0.05) is 41.6 Å². The Balaban J connectivity index is 1.41. The minimum absolute atomic E-state index is 0.0775. The number of nitrogens with zero attached hydrogens (tertiary/aromatic N) is 3. The highest BCUT2D eigenvalue weighted by molar-refractivity contribution is 5.92. The summed E-state index contributed by atoms with van der Waals surface area (Å²) in [4.78, 5) is 18.7. The molecule has 4 aromatic rings. The van der Waals surface area contributed by atoms with Crippen LogP contribution in [0.2, 0.25) is 0 Å². The van der Waals surface area contributed by atoms with Gasteiger partial charge in [-0.25, -0.2) is 0 Å². The van der Waals surface area contributed by atoms with Crippen molar-refractivity contribution < 1.29 is 14.1 Å². The predicted octanol–water partition coefficient (Wildman–Crippen LogP) is 4.64. The molecule has 0 saturated carbocycles. The quantitative estimate of drug-likeness (QED) is 0.482. The zero-order chi connectivity index (χ0) is 20.2. The van der Waals surface area contributed by atoms with Crippen molar-refractivity contribution in [1.29, 1.82) is 0 Å². The standard InChI is InChI=1S/C23H21N3O3/c1-16(17-7-4-3-5-8-17)26(2)23(27)22-14-20(29-25-22)15-28-19-10-11-21-18(13-19)9-6-12-24-21/h3-14,16H,15H2,1-2H3/t16-/m0/s1. The van der Waals surface area contributed by atoms with Crippen molar-refractivity contribution in [2.75, 3.05) is 7.05 Å². The molecule has 0 aliphatic heterocycles. The number of carbonyl (C=O) groups excluding carboxylic acids is 1. The smallest absolute Gasteiger partial charge is 0.276 e. The molecule has 146 valence electrons. The van der Waals surface area contributed by atoms with Gasteiger partial charge in [0.2, 0.25) is 0 Å². The fourth-order valence-corrected chi connectivity index (χ4v) is 3.09. The molecule has 0 saturated heterocycles. The number of hydrogen-bond acceptors (Lipinski definition) is 5. The van der Waals surface area contributed by atoms with Gasteiger partial charge in [-0.2, -0.15) is 0 Å². The molecule has 6 heteroatoms.